The summed E-state index contributed by atoms with van der Waals surface area (Å²) in [5.74, 6) is 0.0655. The number of anilines is 1. The molecule has 26 heavy (non-hydrogen) atoms. The summed E-state index contributed by atoms with van der Waals surface area (Å²) in [5.41, 5.74) is 0.577. The third-order valence-corrected chi connectivity index (χ3v) is 6.34. The van der Waals surface area contributed by atoms with E-state index in [0.717, 1.165) is 12.7 Å². The number of benzene rings is 2. The zero-order valence-electron chi connectivity index (χ0n) is 14.0. The first kappa shape index (κ1) is 18.4. The summed E-state index contributed by atoms with van der Waals surface area (Å²) in [6.45, 7) is 0.585. The molecular weight excluding hydrogens is 378 g/mol. The van der Waals surface area contributed by atoms with E-state index in [1.54, 1.807) is 17.0 Å². The van der Waals surface area contributed by atoms with Crippen molar-refractivity contribution in [3.63, 3.8) is 0 Å². The van der Waals surface area contributed by atoms with Crippen molar-refractivity contribution in [3.8, 4) is 5.75 Å². The van der Waals surface area contributed by atoms with Crippen LogP contribution >= 0.6 is 0 Å². The van der Waals surface area contributed by atoms with E-state index in [1.807, 2.05) is 0 Å². The van der Waals surface area contributed by atoms with Gasteiger partial charge in [-0.05, 0) is 42.8 Å². The Balaban J connectivity index is 1.84. The summed E-state index contributed by atoms with van der Waals surface area (Å²) >= 11 is 0. The van der Waals surface area contributed by atoms with E-state index in [9.17, 15) is 21.6 Å². The Bertz CT molecular complexity index is 1040. The molecule has 0 saturated carbocycles. The van der Waals surface area contributed by atoms with Crippen molar-refractivity contribution < 1.29 is 25.8 Å². The molecule has 0 radical (unpaired) electrons. The van der Waals surface area contributed by atoms with Crippen LogP contribution in [-0.2, 0) is 24.7 Å². The smallest absolute Gasteiger partial charge is 0.339 e. The minimum absolute atomic E-state index is 0.0126. The van der Waals surface area contributed by atoms with Crippen molar-refractivity contribution in [1.82, 2.24) is 0 Å². The average molecular weight is 395 g/mol. The maximum atomic E-state index is 12.4. The minimum atomic E-state index is -4.13. The van der Waals surface area contributed by atoms with Gasteiger partial charge in [-0.1, -0.05) is 6.07 Å². The molecule has 0 unspecified atom stereocenters. The van der Waals surface area contributed by atoms with E-state index in [1.165, 1.54) is 36.4 Å². The van der Waals surface area contributed by atoms with E-state index < -0.39 is 20.0 Å². The van der Waals surface area contributed by atoms with Crippen LogP contribution < -0.4 is 9.08 Å². The van der Waals surface area contributed by atoms with Gasteiger partial charge >= 0.3 is 10.1 Å². The molecule has 1 fully saturated rings. The first-order chi connectivity index (χ1) is 12.2. The molecule has 3 rings (SSSR count). The molecule has 2 aromatic rings. The Morgan fingerprint density at radius 2 is 1.62 bits per heavy atom. The fourth-order valence-corrected chi connectivity index (χ4v) is 4.21. The number of carbonyl (C=O) groups is 1. The fourth-order valence-electron chi connectivity index (χ4n) is 2.65. The predicted molar refractivity (Wildman–Crippen MR) is 95.4 cm³/mol. The van der Waals surface area contributed by atoms with Crippen LogP contribution in [0.4, 0.5) is 5.69 Å². The van der Waals surface area contributed by atoms with Gasteiger partial charge in [0, 0.05) is 31.0 Å². The lowest BCUT2D eigenvalue weighted by Crippen LogP contribution is -2.23. The topological polar surface area (TPSA) is 97.8 Å². The van der Waals surface area contributed by atoms with Crippen LogP contribution in [0.5, 0.6) is 5.75 Å². The highest BCUT2D eigenvalue weighted by Crippen LogP contribution is 2.27. The summed E-state index contributed by atoms with van der Waals surface area (Å²) in [4.78, 5) is 13.3. The lowest BCUT2D eigenvalue weighted by atomic mass is 10.3. The Labute approximate surface area is 152 Å². The Hall–Kier alpha value is -2.39. The zero-order chi connectivity index (χ0) is 18.9. The zero-order valence-corrected chi connectivity index (χ0v) is 15.6. The molecule has 1 aliphatic rings. The van der Waals surface area contributed by atoms with E-state index in [2.05, 4.69) is 0 Å². The number of amides is 1. The van der Waals surface area contributed by atoms with Gasteiger partial charge in [0.1, 0.15) is 10.6 Å². The van der Waals surface area contributed by atoms with Crippen LogP contribution in [0, 0.1) is 0 Å². The monoisotopic (exact) mass is 395 g/mol. The molecule has 0 atom stereocenters. The molecule has 9 heteroatoms. The van der Waals surface area contributed by atoms with Crippen LogP contribution in [0.15, 0.2) is 58.3 Å². The summed E-state index contributed by atoms with van der Waals surface area (Å²) < 4.78 is 52.9. The number of rotatable bonds is 5. The predicted octanol–water partition coefficient (Wildman–Crippen LogP) is 1.98. The van der Waals surface area contributed by atoms with Gasteiger partial charge in [-0.15, -0.1) is 0 Å². The summed E-state index contributed by atoms with van der Waals surface area (Å²) in [5, 5.41) is 0. The van der Waals surface area contributed by atoms with Crippen molar-refractivity contribution in [1.29, 1.82) is 0 Å². The van der Waals surface area contributed by atoms with Gasteiger partial charge in [-0.3, -0.25) is 4.79 Å². The standard InChI is InChI=1S/C17H17NO6S2/c1-25(20,21)15-7-9-16(10-8-15)26(22,23)24-14-5-2-4-13(12-14)18-11-3-6-17(18)19/h2,4-5,7-10,12H,3,6,11H2,1H3. The Morgan fingerprint density at radius 1 is 0.962 bits per heavy atom. The second-order valence-electron chi connectivity index (χ2n) is 5.93. The SMILES string of the molecule is CS(=O)(=O)c1ccc(S(=O)(=O)Oc2cccc(N3CCCC3=O)c2)cc1. The number of sulfone groups is 1. The molecule has 0 aliphatic carbocycles. The van der Waals surface area contributed by atoms with Crippen molar-refractivity contribution in [3.05, 3.63) is 48.5 Å². The van der Waals surface area contributed by atoms with Crippen molar-refractivity contribution in [2.45, 2.75) is 22.6 Å². The highest BCUT2D eigenvalue weighted by atomic mass is 32.2. The van der Waals surface area contributed by atoms with E-state index in [-0.39, 0.29) is 21.4 Å². The molecule has 1 amide bonds. The molecule has 2 aromatic carbocycles. The molecule has 1 aliphatic heterocycles. The van der Waals surface area contributed by atoms with Gasteiger partial charge in [-0.25, -0.2) is 8.42 Å². The van der Waals surface area contributed by atoms with Crippen LogP contribution in [0.25, 0.3) is 0 Å². The summed E-state index contributed by atoms with van der Waals surface area (Å²) in [6, 6.07) is 11.1. The van der Waals surface area contributed by atoms with Crippen LogP contribution in [-0.4, -0.2) is 35.5 Å². The van der Waals surface area contributed by atoms with Crippen molar-refractivity contribution in [2.24, 2.45) is 0 Å². The van der Waals surface area contributed by atoms with Gasteiger partial charge < -0.3 is 9.08 Å². The maximum Gasteiger partial charge on any atom is 0.339 e. The quantitative estimate of drug-likeness (QED) is 0.718. The third kappa shape index (κ3) is 3.88. The number of carbonyl (C=O) groups excluding carboxylic acids is 1. The van der Waals surface area contributed by atoms with Gasteiger partial charge in [0.2, 0.25) is 5.91 Å². The van der Waals surface area contributed by atoms with E-state index in [4.69, 9.17) is 4.18 Å². The molecule has 1 saturated heterocycles. The molecule has 0 aromatic heterocycles. The molecular formula is C17H17NO6S2. The largest absolute Gasteiger partial charge is 0.379 e. The van der Waals surface area contributed by atoms with Gasteiger partial charge in [0.15, 0.2) is 9.84 Å². The maximum absolute atomic E-state index is 12.4. The first-order valence-electron chi connectivity index (χ1n) is 7.82. The number of hydrogen-bond acceptors (Lipinski definition) is 6. The molecule has 7 nitrogen and oxygen atoms in total. The highest BCUT2D eigenvalue weighted by molar-refractivity contribution is 7.90. The molecule has 0 N–H and O–H groups in total. The second-order valence-corrected chi connectivity index (χ2v) is 9.49. The van der Waals surface area contributed by atoms with Gasteiger partial charge in [-0.2, -0.15) is 8.42 Å². The summed E-state index contributed by atoms with van der Waals surface area (Å²) in [7, 11) is -7.55. The van der Waals surface area contributed by atoms with Crippen LogP contribution in [0.3, 0.4) is 0 Å². The van der Waals surface area contributed by atoms with E-state index >= 15 is 0 Å². The van der Waals surface area contributed by atoms with Crippen LogP contribution in [0.2, 0.25) is 0 Å². The normalized spacial score (nSPS) is 15.3. The van der Waals surface area contributed by atoms with Crippen molar-refractivity contribution >= 4 is 31.5 Å². The van der Waals surface area contributed by atoms with E-state index in [0.29, 0.717) is 18.7 Å². The lowest BCUT2D eigenvalue weighted by molar-refractivity contribution is -0.117. The average Bonchev–Trinajstić information content (AvgIpc) is 3.00. The lowest BCUT2D eigenvalue weighted by Gasteiger charge is -2.16. The first-order valence-corrected chi connectivity index (χ1v) is 11.1. The molecule has 138 valence electrons. The number of nitrogens with zero attached hydrogens (tertiary/aromatic N) is 1. The third-order valence-electron chi connectivity index (χ3n) is 3.95. The Morgan fingerprint density at radius 3 is 2.19 bits per heavy atom. The second kappa shape index (κ2) is 6.73. The molecule has 0 bridgehead atoms. The minimum Gasteiger partial charge on any atom is -0.379 e. The number of hydrogen-bond donors (Lipinski definition) is 0. The summed E-state index contributed by atoms with van der Waals surface area (Å²) in [6.07, 6.45) is 2.27. The molecule has 0 spiro atoms. The van der Waals surface area contributed by atoms with Gasteiger partial charge in [0.25, 0.3) is 0 Å². The Kier molecular flexibility index (Phi) is 4.76. The highest BCUT2D eigenvalue weighted by Gasteiger charge is 2.23. The van der Waals surface area contributed by atoms with Gasteiger partial charge in [0.05, 0.1) is 4.90 Å². The van der Waals surface area contributed by atoms with Crippen LogP contribution in [0.1, 0.15) is 12.8 Å². The molecule has 1 heterocycles. The van der Waals surface area contributed by atoms with Crippen molar-refractivity contribution in [2.75, 3.05) is 17.7 Å². The fraction of sp³-hybridized carbons (Fsp3) is 0.235.